The van der Waals surface area contributed by atoms with Gasteiger partial charge in [-0.1, -0.05) is 23.7 Å². The molecule has 0 aromatic heterocycles. The Labute approximate surface area is 137 Å². The second-order valence-electron chi connectivity index (χ2n) is 5.28. The van der Waals surface area contributed by atoms with E-state index >= 15 is 0 Å². The molecule has 0 saturated carbocycles. The first-order valence-electron chi connectivity index (χ1n) is 7.02. The minimum absolute atomic E-state index is 0. The van der Waals surface area contributed by atoms with Gasteiger partial charge in [-0.3, -0.25) is 9.69 Å². The molecular weight excluding hydrogens is 309 g/mol. The summed E-state index contributed by atoms with van der Waals surface area (Å²) in [6, 6.07) is 7.98. The fourth-order valence-electron chi connectivity index (χ4n) is 2.39. The van der Waals surface area contributed by atoms with Crippen LogP contribution < -0.4 is 5.32 Å². The van der Waals surface area contributed by atoms with Gasteiger partial charge in [-0.2, -0.15) is 0 Å². The number of piperazine rings is 1. The molecule has 1 atom stereocenters. The van der Waals surface area contributed by atoms with E-state index in [-0.39, 0.29) is 24.4 Å². The van der Waals surface area contributed by atoms with Crippen molar-refractivity contribution in [3.8, 4) is 0 Å². The zero-order valence-corrected chi connectivity index (χ0v) is 14.1. The van der Waals surface area contributed by atoms with Crippen LogP contribution in [0.3, 0.4) is 0 Å². The molecule has 0 spiro atoms. The molecule has 6 heteroatoms. The lowest BCUT2D eigenvalue weighted by molar-refractivity contribution is -0.133. The van der Waals surface area contributed by atoms with Crippen molar-refractivity contribution in [2.45, 2.75) is 13.0 Å². The highest BCUT2D eigenvalue weighted by atomic mass is 35.5. The fraction of sp³-hybridized carbons (Fsp3) is 0.533. The first-order valence-corrected chi connectivity index (χ1v) is 7.40. The molecule has 1 amide bonds. The van der Waals surface area contributed by atoms with Gasteiger partial charge in [0.15, 0.2) is 0 Å². The summed E-state index contributed by atoms with van der Waals surface area (Å²) in [4.78, 5) is 16.2. The maximum atomic E-state index is 12.2. The van der Waals surface area contributed by atoms with E-state index in [2.05, 4.69) is 17.1 Å². The van der Waals surface area contributed by atoms with Crippen LogP contribution >= 0.6 is 24.0 Å². The van der Waals surface area contributed by atoms with Gasteiger partial charge in [0, 0.05) is 37.2 Å². The van der Waals surface area contributed by atoms with Gasteiger partial charge >= 0.3 is 0 Å². The number of nitrogens with zero attached hydrogens (tertiary/aromatic N) is 2. The average molecular weight is 332 g/mol. The van der Waals surface area contributed by atoms with Gasteiger partial charge in [0.2, 0.25) is 5.91 Å². The summed E-state index contributed by atoms with van der Waals surface area (Å²) in [7, 11) is 1.98. The van der Waals surface area contributed by atoms with Gasteiger partial charge in [0.25, 0.3) is 0 Å². The Morgan fingerprint density at radius 1 is 1.43 bits per heavy atom. The van der Waals surface area contributed by atoms with Gasteiger partial charge in [0.05, 0.1) is 6.54 Å². The highest BCUT2D eigenvalue weighted by Crippen LogP contribution is 2.21. The molecule has 1 aliphatic heterocycles. The third-order valence-corrected chi connectivity index (χ3v) is 4.08. The zero-order chi connectivity index (χ0) is 14.5. The van der Waals surface area contributed by atoms with Crippen LogP contribution in [0.1, 0.15) is 18.5 Å². The zero-order valence-electron chi connectivity index (χ0n) is 12.5. The number of hydrogen-bond donors (Lipinski definition) is 1. The second-order valence-corrected chi connectivity index (χ2v) is 5.71. The third kappa shape index (κ3) is 5.15. The van der Waals surface area contributed by atoms with Crippen LogP contribution in [0.25, 0.3) is 0 Å². The predicted molar refractivity (Wildman–Crippen MR) is 89.2 cm³/mol. The molecule has 2 rings (SSSR count). The van der Waals surface area contributed by atoms with Crippen molar-refractivity contribution in [3.05, 3.63) is 34.9 Å². The molecule has 1 aromatic rings. The van der Waals surface area contributed by atoms with E-state index < -0.39 is 0 Å². The Balaban J connectivity index is 0.00000220. The highest BCUT2D eigenvalue weighted by Gasteiger charge is 2.20. The Bertz CT molecular complexity index is 464. The van der Waals surface area contributed by atoms with E-state index in [1.165, 1.54) is 0 Å². The number of likely N-dealkylation sites (N-methyl/N-ethyl adjacent to an activating group) is 1. The molecule has 1 saturated heterocycles. The Morgan fingerprint density at radius 2 is 2.10 bits per heavy atom. The molecule has 0 bridgehead atoms. The SMILES string of the molecule is CC(c1cccc(Cl)c1)N(C)CC(=O)N1CCNCC1.Cl. The van der Waals surface area contributed by atoms with E-state index in [0.717, 1.165) is 36.8 Å². The minimum Gasteiger partial charge on any atom is -0.339 e. The van der Waals surface area contributed by atoms with Crippen molar-refractivity contribution in [1.82, 2.24) is 15.1 Å². The summed E-state index contributed by atoms with van der Waals surface area (Å²) in [5.74, 6) is 0.197. The third-order valence-electron chi connectivity index (χ3n) is 3.85. The molecule has 1 heterocycles. The molecule has 1 unspecified atom stereocenters. The van der Waals surface area contributed by atoms with Crippen LogP contribution in [-0.4, -0.2) is 55.5 Å². The lowest BCUT2D eigenvalue weighted by atomic mass is 10.1. The van der Waals surface area contributed by atoms with E-state index in [0.29, 0.717) is 6.54 Å². The number of benzene rings is 1. The smallest absolute Gasteiger partial charge is 0.236 e. The predicted octanol–water partition coefficient (Wildman–Crippen LogP) is 2.19. The number of hydrogen-bond acceptors (Lipinski definition) is 3. The number of halogens is 2. The molecule has 118 valence electrons. The Morgan fingerprint density at radius 3 is 2.71 bits per heavy atom. The average Bonchev–Trinajstić information content (AvgIpc) is 2.47. The van der Waals surface area contributed by atoms with Crippen LogP contribution in [0.15, 0.2) is 24.3 Å². The fourth-order valence-corrected chi connectivity index (χ4v) is 2.58. The van der Waals surface area contributed by atoms with Crippen molar-refractivity contribution in [2.24, 2.45) is 0 Å². The standard InChI is InChI=1S/C15H22ClN3O.ClH/c1-12(13-4-3-5-14(16)10-13)18(2)11-15(20)19-8-6-17-7-9-19;/h3-5,10,12,17H,6-9,11H2,1-2H3;1H. The van der Waals surface area contributed by atoms with Gasteiger partial charge in [0.1, 0.15) is 0 Å². The van der Waals surface area contributed by atoms with Crippen LogP contribution in [0.2, 0.25) is 5.02 Å². The van der Waals surface area contributed by atoms with Gasteiger partial charge in [-0.05, 0) is 31.7 Å². The van der Waals surface area contributed by atoms with E-state index in [1.807, 2.05) is 36.2 Å². The van der Waals surface area contributed by atoms with Crippen molar-refractivity contribution in [3.63, 3.8) is 0 Å². The molecule has 1 fully saturated rings. The van der Waals surface area contributed by atoms with Crippen LogP contribution in [0, 0.1) is 0 Å². The molecule has 0 radical (unpaired) electrons. The topological polar surface area (TPSA) is 35.6 Å². The maximum Gasteiger partial charge on any atom is 0.236 e. The number of carbonyl (C=O) groups excluding carboxylic acids is 1. The Kier molecular flexibility index (Phi) is 7.46. The van der Waals surface area contributed by atoms with E-state index in [9.17, 15) is 4.79 Å². The normalized spacial score (nSPS) is 16.5. The van der Waals surface area contributed by atoms with Crippen molar-refractivity contribution >= 4 is 29.9 Å². The highest BCUT2D eigenvalue weighted by molar-refractivity contribution is 6.30. The molecule has 1 N–H and O–H groups in total. The minimum atomic E-state index is 0. The molecule has 1 aliphatic rings. The van der Waals surface area contributed by atoms with Gasteiger partial charge in [-0.15, -0.1) is 12.4 Å². The lowest BCUT2D eigenvalue weighted by Gasteiger charge is -2.31. The van der Waals surface area contributed by atoms with Crippen molar-refractivity contribution in [2.75, 3.05) is 39.8 Å². The monoisotopic (exact) mass is 331 g/mol. The lowest BCUT2D eigenvalue weighted by Crippen LogP contribution is -2.49. The summed E-state index contributed by atoms with van der Waals surface area (Å²) in [5.41, 5.74) is 1.13. The van der Waals surface area contributed by atoms with E-state index in [4.69, 9.17) is 11.6 Å². The van der Waals surface area contributed by atoms with Crippen molar-refractivity contribution in [1.29, 1.82) is 0 Å². The molecule has 0 aliphatic carbocycles. The Hall–Kier alpha value is -0.810. The summed E-state index contributed by atoms with van der Waals surface area (Å²) in [6.45, 7) is 5.92. The van der Waals surface area contributed by atoms with Crippen LogP contribution in [0.5, 0.6) is 0 Å². The number of amides is 1. The van der Waals surface area contributed by atoms with Gasteiger partial charge < -0.3 is 10.2 Å². The first-order chi connectivity index (χ1) is 9.58. The second kappa shape index (κ2) is 8.59. The van der Waals surface area contributed by atoms with Crippen LogP contribution in [-0.2, 0) is 4.79 Å². The van der Waals surface area contributed by atoms with E-state index in [1.54, 1.807) is 0 Å². The summed E-state index contributed by atoms with van der Waals surface area (Å²) >= 11 is 6.02. The molecule has 21 heavy (non-hydrogen) atoms. The van der Waals surface area contributed by atoms with Gasteiger partial charge in [-0.25, -0.2) is 0 Å². The first kappa shape index (κ1) is 18.2. The number of nitrogens with one attached hydrogen (secondary N) is 1. The maximum absolute atomic E-state index is 12.2. The quantitative estimate of drug-likeness (QED) is 0.918. The van der Waals surface area contributed by atoms with Crippen LogP contribution in [0.4, 0.5) is 0 Å². The summed E-state index contributed by atoms with van der Waals surface area (Å²) < 4.78 is 0. The molecular formula is C15H23Cl2N3O. The summed E-state index contributed by atoms with van der Waals surface area (Å²) in [5, 5.41) is 3.99. The largest absolute Gasteiger partial charge is 0.339 e. The number of rotatable bonds is 4. The molecule has 1 aromatic carbocycles. The molecule has 4 nitrogen and oxygen atoms in total. The number of carbonyl (C=O) groups is 1. The van der Waals surface area contributed by atoms with Crippen molar-refractivity contribution < 1.29 is 4.79 Å². The summed E-state index contributed by atoms with van der Waals surface area (Å²) in [6.07, 6.45) is 0.